The number of nitrogens with zero attached hydrogens (tertiary/aromatic N) is 2. The molecule has 0 aromatic heterocycles. The molecule has 1 aliphatic heterocycles. The van der Waals surface area contributed by atoms with Gasteiger partial charge in [0.05, 0.1) is 0 Å². The second-order valence-corrected chi connectivity index (χ2v) is 2.42. The van der Waals surface area contributed by atoms with Crippen molar-refractivity contribution in [1.29, 1.82) is 0 Å². The molecule has 7 nitrogen and oxygen atoms in total. The minimum absolute atomic E-state index is 0.325. The van der Waals surface area contributed by atoms with Crippen molar-refractivity contribution in [1.82, 2.24) is 21.1 Å². The maximum absolute atomic E-state index is 10.8. The summed E-state index contributed by atoms with van der Waals surface area (Å²) in [6, 6.07) is -0.454. The van der Waals surface area contributed by atoms with E-state index >= 15 is 0 Å². The quantitative estimate of drug-likeness (QED) is 0.216. The van der Waals surface area contributed by atoms with Gasteiger partial charge in [0.1, 0.15) is 5.84 Å². The standard InChI is InChI=1S/C5H12N6O/c1-3-7-4(11(2)10-3)8-5(12)9-6/h4H,6H2,1-2H3,(H,7,10)(H2,8,9,12). The summed E-state index contributed by atoms with van der Waals surface area (Å²) in [6.45, 7) is 1.80. The highest BCUT2D eigenvalue weighted by molar-refractivity contribution is 5.82. The molecular weight excluding hydrogens is 160 g/mol. The molecule has 1 atom stereocenters. The van der Waals surface area contributed by atoms with E-state index in [0.717, 1.165) is 5.84 Å². The number of carbonyl (C=O) groups excluding carboxylic acids is 1. The van der Waals surface area contributed by atoms with E-state index in [0.29, 0.717) is 0 Å². The number of nitrogens with two attached hydrogens (primary N) is 1. The predicted molar refractivity (Wildman–Crippen MR) is 43.7 cm³/mol. The second-order valence-electron chi connectivity index (χ2n) is 2.42. The zero-order chi connectivity index (χ0) is 9.14. The molecule has 68 valence electrons. The van der Waals surface area contributed by atoms with E-state index in [2.05, 4.69) is 15.7 Å². The highest BCUT2D eigenvalue weighted by Crippen LogP contribution is 1.97. The van der Waals surface area contributed by atoms with Gasteiger partial charge in [-0.3, -0.25) is 15.8 Å². The number of amides is 2. The van der Waals surface area contributed by atoms with Gasteiger partial charge in [-0.05, 0) is 6.92 Å². The first-order valence-corrected chi connectivity index (χ1v) is 3.45. The Morgan fingerprint density at radius 1 is 1.83 bits per heavy atom. The van der Waals surface area contributed by atoms with Crippen LogP contribution in [0.25, 0.3) is 0 Å². The van der Waals surface area contributed by atoms with E-state index in [1.807, 2.05) is 5.43 Å². The Labute approximate surface area is 69.9 Å². The number of rotatable bonds is 1. The number of hydrogen-bond acceptors (Lipinski definition) is 5. The molecule has 0 aliphatic carbocycles. The Morgan fingerprint density at radius 2 is 2.50 bits per heavy atom. The molecule has 1 heterocycles. The number of hydrazine groups is 1. The maximum atomic E-state index is 10.8. The van der Waals surface area contributed by atoms with E-state index in [-0.39, 0.29) is 6.29 Å². The molecular formula is C5H12N6O. The highest BCUT2D eigenvalue weighted by Gasteiger charge is 2.20. The molecule has 1 unspecified atom stereocenters. The Bertz CT molecular complexity index is 214. The Hall–Kier alpha value is -1.50. The molecule has 5 N–H and O–H groups in total. The van der Waals surface area contributed by atoms with Crippen LogP contribution in [0.1, 0.15) is 6.92 Å². The van der Waals surface area contributed by atoms with Gasteiger partial charge in [0.2, 0.25) is 0 Å². The van der Waals surface area contributed by atoms with Gasteiger partial charge in [-0.15, -0.1) is 0 Å². The maximum Gasteiger partial charge on any atom is 0.331 e. The van der Waals surface area contributed by atoms with Gasteiger partial charge in [0.25, 0.3) is 0 Å². The number of nitrogens with one attached hydrogen (secondary N) is 3. The fourth-order valence-corrected chi connectivity index (χ4v) is 0.910. The summed E-state index contributed by atoms with van der Waals surface area (Å²) in [4.78, 5) is 10.8. The van der Waals surface area contributed by atoms with Crippen molar-refractivity contribution in [2.75, 3.05) is 7.05 Å². The lowest BCUT2D eigenvalue weighted by Gasteiger charge is -2.19. The lowest BCUT2D eigenvalue weighted by Crippen LogP contribution is -2.54. The third kappa shape index (κ3) is 1.76. The van der Waals surface area contributed by atoms with Crippen LogP contribution in [0, 0.1) is 0 Å². The van der Waals surface area contributed by atoms with Crippen LogP contribution in [0.4, 0.5) is 4.79 Å². The third-order valence-electron chi connectivity index (χ3n) is 1.43. The summed E-state index contributed by atoms with van der Waals surface area (Å²) in [7, 11) is 1.74. The molecule has 12 heavy (non-hydrogen) atoms. The van der Waals surface area contributed by atoms with E-state index in [9.17, 15) is 4.79 Å². The lowest BCUT2D eigenvalue weighted by atomic mass is 10.6. The molecule has 0 bridgehead atoms. The van der Waals surface area contributed by atoms with Crippen molar-refractivity contribution in [3.05, 3.63) is 0 Å². The summed E-state index contributed by atoms with van der Waals surface area (Å²) in [5.74, 6) is 5.63. The SMILES string of the molecule is CC1=NN(C)C(NC(=O)NN)N1. The Kier molecular flexibility index (Phi) is 2.34. The number of carbonyl (C=O) groups is 1. The van der Waals surface area contributed by atoms with E-state index in [1.165, 1.54) is 0 Å². The summed E-state index contributed by atoms with van der Waals surface area (Å²) in [5.41, 5.74) is 1.96. The van der Waals surface area contributed by atoms with Crippen LogP contribution in [-0.2, 0) is 0 Å². The first-order chi connectivity index (χ1) is 5.63. The van der Waals surface area contributed by atoms with Crippen LogP contribution in [0.5, 0.6) is 0 Å². The fraction of sp³-hybridized carbons (Fsp3) is 0.600. The van der Waals surface area contributed by atoms with Gasteiger partial charge in [0, 0.05) is 7.05 Å². The van der Waals surface area contributed by atoms with E-state index in [4.69, 9.17) is 5.84 Å². The van der Waals surface area contributed by atoms with E-state index in [1.54, 1.807) is 19.0 Å². The molecule has 0 radical (unpaired) electrons. The molecule has 2 amide bonds. The topological polar surface area (TPSA) is 94.8 Å². The highest BCUT2D eigenvalue weighted by atomic mass is 16.2. The summed E-state index contributed by atoms with van der Waals surface area (Å²) in [5, 5.41) is 11.1. The van der Waals surface area contributed by atoms with Crippen molar-refractivity contribution in [3.63, 3.8) is 0 Å². The molecule has 0 aromatic rings. The van der Waals surface area contributed by atoms with Crippen LogP contribution >= 0.6 is 0 Å². The van der Waals surface area contributed by atoms with Crippen molar-refractivity contribution in [3.8, 4) is 0 Å². The molecule has 0 saturated carbocycles. The molecule has 0 saturated heterocycles. The smallest absolute Gasteiger partial charge is 0.331 e. The average molecular weight is 172 g/mol. The molecule has 0 spiro atoms. The minimum Gasteiger partial charge on any atom is -0.334 e. The molecule has 7 heteroatoms. The van der Waals surface area contributed by atoms with Crippen LogP contribution in [0.3, 0.4) is 0 Å². The average Bonchev–Trinajstić information content (AvgIpc) is 2.30. The first kappa shape index (κ1) is 8.60. The van der Waals surface area contributed by atoms with Gasteiger partial charge in [-0.2, -0.15) is 5.10 Å². The first-order valence-electron chi connectivity index (χ1n) is 3.45. The fourth-order valence-electron chi connectivity index (χ4n) is 0.910. The van der Waals surface area contributed by atoms with Gasteiger partial charge in [0.15, 0.2) is 6.29 Å². The normalized spacial score (nSPS) is 21.4. The molecule has 0 fully saturated rings. The molecule has 1 rings (SSSR count). The Balaban J connectivity index is 2.42. The van der Waals surface area contributed by atoms with Crippen molar-refractivity contribution >= 4 is 11.9 Å². The van der Waals surface area contributed by atoms with Crippen molar-refractivity contribution in [2.24, 2.45) is 10.9 Å². The number of hydrazone groups is 1. The van der Waals surface area contributed by atoms with Crippen LogP contribution < -0.4 is 21.9 Å². The molecule has 0 aromatic carbocycles. The van der Waals surface area contributed by atoms with Crippen LogP contribution in [0.2, 0.25) is 0 Å². The Morgan fingerprint density at radius 3 is 2.92 bits per heavy atom. The second kappa shape index (κ2) is 3.26. The van der Waals surface area contributed by atoms with Gasteiger partial charge in [-0.25, -0.2) is 10.6 Å². The van der Waals surface area contributed by atoms with Gasteiger partial charge >= 0.3 is 6.03 Å². The predicted octanol–water partition coefficient (Wildman–Crippen LogP) is -1.69. The van der Waals surface area contributed by atoms with E-state index < -0.39 is 6.03 Å². The summed E-state index contributed by atoms with van der Waals surface area (Å²) < 4.78 is 0. The van der Waals surface area contributed by atoms with Crippen LogP contribution in [0.15, 0.2) is 5.10 Å². The monoisotopic (exact) mass is 172 g/mol. The van der Waals surface area contributed by atoms with Crippen molar-refractivity contribution in [2.45, 2.75) is 13.2 Å². The zero-order valence-electron chi connectivity index (χ0n) is 6.96. The van der Waals surface area contributed by atoms with Gasteiger partial charge in [-0.1, -0.05) is 0 Å². The third-order valence-corrected chi connectivity index (χ3v) is 1.43. The van der Waals surface area contributed by atoms with Gasteiger partial charge < -0.3 is 5.32 Å². The zero-order valence-corrected chi connectivity index (χ0v) is 6.96. The number of urea groups is 1. The number of amidine groups is 1. The summed E-state index contributed by atoms with van der Waals surface area (Å²) in [6.07, 6.45) is -0.325. The lowest BCUT2D eigenvalue weighted by molar-refractivity contribution is 0.201. The summed E-state index contributed by atoms with van der Waals surface area (Å²) >= 11 is 0. The van der Waals surface area contributed by atoms with Crippen LogP contribution in [-0.4, -0.2) is 30.2 Å². The molecule has 1 aliphatic rings. The van der Waals surface area contributed by atoms with Crippen molar-refractivity contribution < 1.29 is 4.79 Å². The minimum atomic E-state index is -0.454. The largest absolute Gasteiger partial charge is 0.334 e. The number of hydrogen-bond donors (Lipinski definition) is 4.